The van der Waals surface area contributed by atoms with E-state index in [1.165, 1.54) is 18.2 Å². The maximum atomic E-state index is 12.1. The minimum atomic E-state index is -0.575. The van der Waals surface area contributed by atoms with Gasteiger partial charge >= 0.3 is 5.69 Å². The molecule has 0 amide bonds. The van der Waals surface area contributed by atoms with Crippen molar-refractivity contribution in [2.45, 2.75) is 58.1 Å². The Morgan fingerprint density at radius 1 is 1.28 bits per heavy atom. The second-order valence-electron chi connectivity index (χ2n) is 6.79. The van der Waals surface area contributed by atoms with Gasteiger partial charge in [-0.3, -0.25) is 4.57 Å². The summed E-state index contributed by atoms with van der Waals surface area (Å²) in [6, 6.07) is 8.21. The van der Waals surface area contributed by atoms with Crippen molar-refractivity contribution in [2.75, 3.05) is 7.11 Å². The van der Waals surface area contributed by atoms with Gasteiger partial charge in [0.25, 0.3) is 0 Å². The van der Waals surface area contributed by atoms with E-state index >= 15 is 0 Å². The molecule has 0 atom stereocenters. The van der Waals surface area contributed by atoms with Gasteiger partial charge in [-0.2, -0.15) is 4.98 Å². The number of nitrogens with zero attached hydrogens (tertiary/aromatic N) is 2. The summed E-state index contributed by atoms with van der Waals surface area (Å²) in [7, 11) is 1.52. The van der Waals surface area contributed by atoms with Crippen LogP contribution in [0.2, 0.25) is 0 Å². The van der Waals surface area contributed by atoms with Gasteiger partial charge < -0.3 is 9.84 Å². The molecule has 1 aromatic carbocycles. The average Bonchev–Trinajstić information content (AvgIpc) is 2.65. The molecule has 134 valence electrons. The van der Waals surface area contributed by atoms with Crippen molar-refractivity contribution in [2.24, 2.45) is 0 Å². The number of benzene rings is 1. The molecule has 1 aliphatic rings. The van der Waals surface area contributed by atoms with E-state index in [4.69, 9.17) is 4.74 Å². The Balaban J connectivity index is 1.90. The van der Waals surface area contributed by atoms with E-state index in [0.717, 1.165) is 43.4 Å². The fourth-order valence-corrected chi connectivity index (χ4v) is 3.50. The van der Waals surface area contributed by atoms with Gasteiger partial charge in [0.1, 0.15) is 0 Å². The maximum Gasteiger partial charge on any atom is 0.351 e. The molecule has 0 unspecified atom stereocenters. The zero-order chi connectivity index (χ0) is 18.0. The second kappa shape index (κ2) is 7.00. The molecule has 25 heavy (non-hydrogen) atoms. The Kier molecular flexibility index (Phi) is 4.95. The highest BCUT2D eigenvalue weighted by Crippen LogP contribution is 2.31. The summed E-state index contributed by atoms with van der Waals surface area (Å²) >= 11 is 0. The van der Waals surface area contributed by atoms with Crippen molar-refractivity contribution in [3.8, 4) is 17.1 Å². The molecule has 2 aromatic rings. The van der Waals surface area contributed by atoms with Crippen molar-refractivity contribution >= 4 is 0 Å². The predicted octanol–water partition coefficient (Wildman–Crippen LogP) is 2.96. The van der Waals surface area contributed by atoms with E-state index in [0.29, 0.717) is 12.4 Å². The van der Waals surface area contributed by atoms with Gasteiger partial charge in [-0.25, -0.2) is 4.79 Å². The largest absolute Gasteiger partial charge is 0.481 e. The lowest BCUT2D eigenvalue weighted by molar-refractivity contribution is 0.0239. The Bertz CT molecular complexity index is 822. The molecule has 2 heterocycles. The highest BCUT2D eigenvalue weighted by atomic mass is 16.5. The first kappa shape index (κ1) is 17.7. The number of methoxy groups -OCH3 is 1. The third kappa shape index (κ3) is 3.47. The summed E-state index contributed by atoms with van der Waals surface area (Å²) in [5.41, 5.74) is 3.56. The Morgan fingerprint density at radius 3 is 2.72 bits per heavy atom. The lowest BCUT2D eigenvalue weighted by atomic mass is 9.88. The Hall–Kier alpha value is -2.14. The summed E-state index contributed by atoms with van der Waals surface area (Å²) in [6.07, 6.45) is 4.00. The first-order valence-electron chi connectivity index (χ1n) is 9.00. The fraction of sp³-hybridized carbons (Fsp3) is 0.500. The second-order valence-corrected chi connectivity index (χ2v) is 6.79. The Labute approximate surface area is 148 Å². The zero-order valence-electron chi connectivity index (χ0n) is 15.2. The van der Waals surface area contributed by atoms with Crippen LogP contribution in [0.5, 0.6) is 5.88 Å². The minimum Gasteiger partial charge on any atom is -0.481 e. The summed E-state index contributed by atoms with van der Waals surface area (Å²) in [6.45, 7) is 4.70. The number of aromatic nitrogens is 2. The van der Waals surface area contributed by atoms with E-state index in [1.54, 1.807) is 4.57 Å². The molecule has 5 nitrogen and oxygen atoms in total. The highest BCUT2D eigenvalue weighted by molar-refractivity contribution is 5.67. The average molecular weight is 342 g/mol. The highest BCUT2D eigenvalue weighted by Gasteiger charge is 2.23. The van der Waals surface area contributed by atoms with Crippen LogP contribution in [-0.2, 0) is 19.4 Å². The number of fused-ring (bicyclic) bond motifs is 3. The zero-order valence-corrected chi connectivity index (χ0v) is 15.2. The van der Waals surface area contributed by atoms with E-state index in [2.05, 4.69) is 23.2 Å². The topological polar surface area (TPSA) is 64.3 Å². The molecule has 3 rings (SSSR count). The summed E-state index contributed by atoms with van der Waals surface area (Å²) in [4.78, 5) is 16.1. The quantitative estimate of drug-likeness (QED) is 0.876. The van der Waals surface area contributed by atoms with Crippen molar-refractivity contribution in [1.29, 1.82) is 0 Å². The molecular weight excluding hydrogens is 316 g/mol. The van der Waals surface area contributed by atoms with Crippen LogP contribution in [-0.4, -0.2) is 27.4 Å². The first-order valence-corrected chi connectivity index (χ1v) is 9.00. The van der Waals surface area contributed by atoms with Crippen LogP contribution in [0.3, 0.4) is 0 Å². The van der Waals surface area contributed by atoms with Crippen molar-refractivity contribution in [3.05, 3.63) is 45.9 Å². The SMILES string of the molecule is CCC(O)(CC)CCc1ccc2c(c1)CCn1c-2cc(OC)nc1=O. The summed E-state index contributed by atoms with van der Waals surface area (Å²) in [5.74, 6) is 0.351. The summed E-state index contributed by atoms with van der Waals surface area (Å²) < 4.78 is 6.85. The van der Waals surface area contributed by atoms with Crippen LogP contribution < -0.4 is 10.4 Å². The standard InChI is InChI=1S/C20H26N2O3/c1-4-20(24,5-2)10-8-14-6-7-16-15(12-14)9-11-22-17(16)13-18(25-3)21-19(22)23/h6-7,12-13,24H,4-5,8-11H2,1-3H3. The van der Waals surface area contributed by atoms with Crippen molar-refractivity contribution in [3.63, 3.8) is 0 Å². The lowest BCUT2D eigenvalue weighted by Gasteiger charge is -2.26. The van der Waals surface area contributed by atoms with Crippen LogP contribution in [0.15, 0.2) is 29.1 Å². The van der Waals surface area contributed by atoms with Crippen LogP contribution >= 0.6 is 0 Å². The molecule has 0 radical (unpaired) electrons. The lowest BCUT2D eigenvalue weighted by Crippen LogP contribution is -2.28. The third-order valence-corrected chi connectivity index (χ3v) is 5.44. The van der Waals surface area contributed by atoms with Gasteiger partial charge in [0.15, 0.2) is 0 Å². The number of aliphatic hydroxyl groups is 1. The van der Waals surface area contributed by atoms with E-state index in [1.807, 2.05) is 19.9 Å². The number of rotatable bonds is 6. The van der Waals surface area contributed by atoms with Crippen molar-refractivity contribution < 1.29 is 9.84 Å². The summed E-state index contributed by atoms with van der Waals surface area (Å²) in [5, 5.41) is 10.5. The molecular formula is C20H26N2O3. The van der Waals surface area contributed by atoms with Gasteiger partial charge in [-0.1, -0.05) is 32.0 Å². The van der Waals surface area contributed by atoms with Gasteiger partial charge in [-0.15, -0.1) is 0 Å². The van der Waals surface area contributed by atoms with Crippen LogP contribution in [0.25, 0.3) is 11.3 Å². The van der Waals surface area contributed by atoms with Crippen molar-refractivity contribution in [1.82, 2.24) is 9.55 Å². The maximum absolute atomic E-state index is 12.1. The Morgan fingerprint density at radius 2 is 2.04 bits per heavy atom. The molecule has 0 bridgehead atoms. The smallest absolute Gasteiger partial charge is 0.351 e. The van der Waals surface area contributed by atoms with Crippen LogP contribution in [0, 0.1) is 0 Å². The third-order valence-electron chi connectivity index (χ3n) is 5.44. The van der Waals surface area contributed by atoms with Crippen LogP contribution in [0.4, 0.5) is 0 Å². The van der Waals surface area contributed by atoms with Gasteiger partial charge in [0, 0.05) is 18.2 Å². The monoisotopic (exact) mass is 342 g/mol. The van der Waals surface area contributed by atoms with Gasteiger partial charge in [0.05, 0.1) is 18.4 Å². The first-order chi connectivity index (χ1) is 12.0. The molecule has 1 aromatic heterocycles. The number of ether oxygens (including phenoxy) is 1. The molecule has 0 saturated carbocycles. The van der Waals surface area contributed by atoms with Gasteiger partial charge in [-0.05, 0) is 43.2 Å². The molecule has 0 spiro atoms. The molecule has 5 heteroatoms. The van der Waals surface area contributed by atoms with E-state index in [-0.39, 0.29) is 5.69 Å². The molecule has 0 saturated heterocycles. The van der Waals surface area contributed by atoms with E-state index in [9.17, 15) is 9.90 Å². The molecule has 1 N–H and O–H groups in total. The van der Waals surface area contributed by atoms with E-state index < -0.39 is 5.60 Å². The molecule has 0 fully saturated rings. The number of hydrogen-bond donors (Lipinski definition) is 1. The fourth-order valence-electron chi connectivity index (χ4n) is 3.50. The molecule has 0 aliphatic carbocycles. The van der Waals surface area contributed by atoms with Gasteiger partial charge in [0.2, 0.25) is 5.88 Å². The predicted molar refractivity (Wildman–Crippen MR) is 98.0 cm³/mol. The number of aryl methyl sites for hydroxylation is 2. The normalized spacial score (nSPS) is 13.3. The molecule has 1 aliphatic heterocycles. The number of hydrogen-bond acceptors (Lipinski definition) is 4. The van der Waals surface area contributed by atoms with Crippen LogP contribution in [0.1, 0.15) is 44.2 Å². The minimum absolute atomic E-state index is 0.264.